The highest BCUT2D eigenvalue weighted by molar-refractivity contribution is 7.89. The second kappa shape index (κ2) is 5.77. The molecular weight excluding hydrogens is 325 g/mol. The molecule has 1 fully saturated rings. The number of nitrogens with two attached hydrogens (primary N) is 1. The maximum atomic E-state index is 12.0. The smallest absolute Gasteiger partial charge is 0.242 e. The summed E-state index contributed by atoms with van der Waals surface area (Å²) in [6.07, 6.45) is 1.86. The van der Waals surface area contributed by atoms with Gasteiger partial charge in [-0.1, -0.05) is 23.2 Å². The third kappa shape index (κ3) is 3.54. The van der Waals surface area contributed by atoms with Crippen LogP contribution in [0.25, 0.3) is 0 Å². The average molecular weight is 338 g/mol. The van der Waals surface area contributed by atoms with Crippen LogP contribution in [0, 0.1) is 0 Å². The lowest BCUT2D eigenvalue weighted by Gasteiger charge is -2.10. The first-order valence-electron chi connectivity index (χ1n) is 5.84. The number of hydrogen-bond acceptors (Lipinski definition) is 4. The molecule has 0 bridgehead atoms. The van der Waals surface area contributed by atoms with Crippen LogP contribution in [-0.4, -0.2) is 26.9 Å². The van der Waals surface area contributed by atoms with E-state index in [1.807, 2.05) is 0 Å². The fourth-order valence-electron chi connectivity index (χ4n) is 1.50. The molecule has 1 aliphatic rings. The Kier molecular flexibility index (Phi) is 4.43. The van der Waals surface area contributed by atoms with Crippen molar-refractivity contribution in [2.75, 3.05) is 12.3 Å². The first kappa shape index (κ1) is 15.4. The first-order valence-corrected chi connectivity index (χ1v) is 8.07. The van der Waals surface area contributed by atoms with Gasteiger partial charge in [-0.3, -0.25) is 4.79 Å². The number of rotatable bonds is 5. The van der Waals surface area contributed by atoms with Crippen molar-refractivity contribution in [1.29, 1.82) is 0 Å². The molecule has 0 radical (unpaired) electrons. The van der Waals surface area contributed by atoms with Crippen molar-refractivity contribution in [3.05, 3.63) is 22.2 Å². The predicted molar refractivity (Wildman–Crippen MR) is 77.2 cm³/mol. The van der Waals surface area contributed by atoms with Crippen LogP contribution in [0.1, 0.15) is 12.8 Å². The minimum absolute atomic E-state index is 0.0151. The summed E-state index contributed by atoms with van der Waals surface area (Å²) in [6.45, 7) is -0.350. The van der Waals surface area contributed by atoms with E-state index >= 15 is 0 Å². The van der Waals surface area contributed by atoms with Crippen LogP contribution in [0.5, 0.6) is 0 Å². The van der Waals surface area contributed by atoms with E-state index in [1.54, 1.807) is 0 Å². The summed E-state index contributed by atoms with van der Waals surface area (Å²) in [4.78, 5) is 11.3. The summed E-state index contributed by atoms with van der Waals surface area (Å²) < 4.78 is 26.3. The fourth-order valence-corrected chi connectivity index (χ4v) is 3.25. The highest BCUT2D eigenvalue weighted by Gasteiger charge is 2.25. The van der Waals surface area contributed by atoms with E-state index in [0.717, 1.165) is 12.8 Å². The van der Waals surface area contributed by atoms with Gasteiger partial charge in [0.2, 0.25) is 15.9 Å². The Morgan fingerprint density at radius 3 is 2.60 bits per heavy atom. The standard InChI is InChI=1S/C11H13Cl2N3O3S/c12-7-3-4-8(10(13)11(7)14)20(18,19)15-5-9(17)16-6-1-2-6/h3-4,6,15H,1-2,5,14H2,(H,16,17). The minimum atomic E-state index is -3.92. The molecule has 1 saturated carbocycles. The summed E-state index contributed by atoms with van der Waals surface area (Å²) >= 11 is 11.6. The maximum absolute atomic E-state index is 12.0. The summed E-state index contributed by atoms with van der Waals surface area (Å²) in [6, 6.07) is 2.74. The Balaban J connectivity index is 2.09. The first-order chi connectivity index (χ1) is 9.31. The number of hydrogen-bond donors (Lipinski definition) is 3. The second-order valence-electron chi connectivity index (χ2n) is 4.44. The SMILES string of the molecule is Nc1c(Cl)ccc(S(=O)(=O)NCC(=O)NC2CC2)c1Cl. The summed E-state index contributed by atoms with van der Waals surface area (Å²) in [5, 5.41) is 2.68. The molecule has 6 nitrogen and oxygen atoms in total. The molecular formula is C11H13Cl2N3O3S. The van der Waals surface area contributed by atoms with Crippen LogP contribution >= 0.6 is 23.2 Å². The van der Waals surface area contributed by atoms with Gasteiger partial charge in [0.15, 0.2) is 0 Å². The van der Waals surface area contributed by atoms with Crippen LogP contribution in [0.3, 0.4) is 0 Å². The molecule has 4 N–H and O–H groups in total. The molecule has 2 rings (SSSR count). The molecule has 0 atom stereocenters. The lowest BCUT2D eigenvalue weighted by Crippen LogP contribution is -2.37. The molecule has 0 saturated heterocycles. The van der Waals surface area contributed by atoms with Gasteiger partial charge in [-0.15, -0.1) is 0 Å². The van der Waals surface area contributed by atoms with Gasteiger partial charge in [-0.05, 0) is 25.0 Å². The van der Waals surface area contributed by atoms with Gasteiger partial charge in [0.05, 0.1) is 22.3 Å². The monoisotopic (exact) mass is 337 g/mol. The van der Waals surface area contributed by atoms with Crippen molar-refractivity contribution in [1.82, 2.24) is 10.0 Å². The molecule has 0 aromatic heterocycles. The number of anilines is 1. The Hall–Kier alpha value is -1.02. The summed E-state index contributed by atoms with van der Waals surface area (Å²) in [7, 11) is -3.92. The molecule has 0 heterocycles. The van der Waals surface area contributed by atoms with Gasteiger partial charge in [-0.2, -0.15) is 0 Å². The van der Waals surface area contributed by atoms with Crippen LogP contribution in [0.4, 0.5) is 5.69 Å². The van der Waals surface area contributed by atoms with Gasteiger partial charge in [0, 0.05) is 6.04 Å². The van der Waals surface area contributed by atoms with Crippen LogP contribution in [0.15, 0.2) is 17.0 Å². The normalized spacial score (nSPS) is 15.1. The molecule has 20 heavy (non-hydrogen) atoms. The van der Waals surface area contributed by atoms with E-state index < -0.39 is 10.0 Å². The van der Waals surface area contributed by atoms with Crippen molar-refractivity contribution in [3.63, 3.8) is 0 Å². The van der Waals surface area contributed by atoms with Crippen LogP contribution < -0.4 is 15.8 Å². The van der Waals surface area contributed by atoms with Gasteiger partial charge in [0.25, 0.3) is 0 Å². The molecule has 1 aliphatic carbocycles. The van der Waals surface area contributed by atoms with E-state index in [1.165, 1.54) is 12.1 Å². The fraction of sp³-hybridized carbons (Fsp3) is 0.364. The Bertz CT molecular complexity index is 645. The second-order valence-corrected chi connectivity index (χ2v) is 6.96. The third-order valence-corrected chi connectivity index (χ3v) is 5.04. The lowest BCUT2D eigenvalue weighted by molar-refractivity contribution is -0.120. The van der Waals surface area contributed by atoms with Gasteiger partial charge in [0.1, 0.15) is 4.90 Å². The van der Waals surface area contributed by atoms with Gasteiger partial charge < -0.3 is 11.1 Å². The molecule has 1 aromatic carbocycles. The predicted octanol–water partition coefficient (Wildman–Crippen LogP) is 1.13. The number of carbonyl (C=O) groups excluding carboxylic acids is 1. The van der Waals surface area contributed by atoms with E-state index in [0.29, 0.717) is 0 Å². The Labute approximate surface area is 126 Å². The van der Waals surface area contributed by atoms with Crippen molar-refractivity contribution in [2.24, 2.45) is 0 Å². The van der Waals surface area contributed by atoms with Gasteiger partial charge >= 0.3 is 0 Å². The number of sulfonamides is 1. The number of amides is 1. The number of benzene rings is 1. The molecule has 1 aromatic rings. The maximum Gasteiger partial charge on any atom is 0.242 e. The lowest BCUT2D eigenvalue weighted by atomic mass is 10.3. The van der Waals surface area contributed by atoms with Crippen LogP contribution in [-0.2, 0) is 14.8 Å². The van der Waals surface area contributed by atoms with Gasteiger partial charge in [-0.25, -0.2) is 13.1 Å². The van der Waals surface area contributed by atoms with Crippen molar-refractivity contribution in [3.8, 4) is 0 Å². The molecule has 110 valence electrons. The third-order valence-electron chi connectivity index (χ3n) is 2.75. The van der Waals surface area contributed by atoms with E-state index in [9.17, 15) is 13.2 Å². The number of nitrogens with one attached hydrogen (secondary N) is 2. The largest absolute Gasteiger partial charge is 0.396 e. The average Bonchev–Trinajstić information content (AvgIpc) is 3.17. The Morgan fingerprint density at radius 1 is 1.35 bits per heavy atom. The molecule has 0 unspecified atom stereocenters. The number of halogens is 2. The van der Waals surface area contributed by atoms with Crippen molar-refractivity contribution >= 4 is 44.8 Å². The topological polar surface area (TPSA) is 101 Å². The zero-order chi connectivity index (χ0) is 14.9. The zero-order valence-corrected chi connectivity index (χ0v) is 12.6. The van der Waals surface area contributed by atoms with Crippen molar-refractivity contribution in [2.45, 2.75) is 23.8 Å². The summed E-state index contributed by atoms with van der Waals surface area (Å²) in [5.41, 5.74) is 5.56. The highest BCUT2D eigenvalue weighted by atomic mass is 35.5. The van der Waals surface area contributed by atoms with E-state index in [-0.39, 0.29) is 39.1 Å². The minimum Gasteiger partial charge on any atom is -0.396 e. The van der Waals surface area contributed by atoms with E-state index in [4.69, 9.17) is 28.9 Å². The van der Waals surface area contributed by atoms with E-state index in [2.05, 4.69) is 10.0 Å². The molecule has 0 spiro atoms. The Morgan fingerprint density at radius 2 is 2.00 bits per heavy atom. The van der Waals surface area contributed by atoms with Crippen LogP contribution in [0.2, 0.25) is 10.0 Å². The highest BCUT2D eigenvalue weighted by Crippen LogP contribution is 2.32. The molecule has 9 heteroatoms. The number of nitrogen functional groups attached to an aromatic ring is 1. The number of carbonyl (C=O) groups is 1. The molecule has 1 amide bonds. The van der Waals surface area contributed by atoms with Crippen molar-refractivity contribution < 1.29 is 13.2 Å². The quantitative estimate of drug-likeness (QED) is 0.701. The molecule has 0 aliphatic heterocycles. The zero-order valence-electron chi connectivity index (χ0n) is 10.3. The summed E-state index contributed by atoms with van der Waals surface area (Å²) in [5.74, 6) is -0.380.